The fourth-order valence-corrected chi connectivity index (χ4v) is 1.70. The standard InChI is InChI=1S/C13H19N3O/c1-5-7-12-11(8-14-6-2)15-13(17)16(12)9-10(3)4/h6,8H,2-3,5,7,9H2,1,4H3,(H,15,17). The van der Waals surface area contributed by atoms with Crippen LogP contribution in [0.25, 0.3) is 0 Å². The summed E-state index contributed by atoms with van der Waals surface area (Å²) in [4.78, 5) is 18.6. The maximum Gasteiger partial charge on any atom is 0.326 e. The highest BCUT2D eigenvalue weighted by Gasteiger charge is 2.11. The van der Waals surface area contributed by atoms with E-state index in [0.717, 1.165) is 29.8 Å². The molecule has 1 heterocycles. The van der Waals surface area contributed by atoms with Crippen molar-refractivity contribution in [2.24, 2.45) is 4.99 Å². The van der Waals surface area contributed by atoms with E-state index in [1.165, 1.54) is 6.20 Å². The number of aromatic nitrogens is 2. The number of aromatic amines is 1. The second-order valence-electron chi connectivity index (χ2n) is 4.04. The molecule has 0 saturated carbocycles. The van der Waals surface area contributed by atoms with Gasteiger partial charge in [0, 0.05) is 18.4 Å². The van der Waals surface area contributed by atoms with Gasteiger partial charge in [0.15, 0.2) is 0 Å². The molecule has 0 fully saturated rings. The lowest BCUT2D eigenvalue weighted by molar-refractivity contribution is 0.692. The molecule has 1 N–H and O–H groups in total. The monoisotopic (exact) mass is 233 g/mol. The van der Waals surface area contributed by atoms with E-state index in [9.17, 15) is 4.79 Å². The topological polar surface area (TPSA) is 50.1 Å². The minimum atomic E-state index is -0.109. The Morgan fingerprint density at radius 2 is 2.29 bits per heavy atom. The van der Waals surface area contributed by atoms with Gasteiger partial charge in [0.1, 0.15) is 0 Å². The zero-order valence-electron chi connectivity index (χ0n) is 10.5. The van der Waals surface area contributed by atoms with E-state index >= 15 is 0 Å². The molecule has 92 valence electrons. The quantitative estimate of drug-likeness (QED) is 0.594. The molecule has 0 spiro atoms. The van der Waals surface area contributed by atoms with Crippen LogP contribution in [0.2, 0.25) is 0 Å². The lowest BCUT2D eigenvalue weighted by atomic mass is 10.2. The summed E-state index contributed by atoms with van der Waals surface area (Å²) in [6.45, 7) is 11.9. The molecule has 0 aromatic carbocycles. The normalized spacial score (nSPS) is 10.9. The number of aliphatic imine (C=N–C) groups is 1. The summed E-state index contributed by atoms with van der Waals surface area (Å²) in [5.41, 5.74) is 2.58. The smallest absolute Gasteiger partial charge is 0.304 e. The van der Waals surface area contributed by atoms with Crippen LogP contribution < -0.4 is 5.69 Å². The Kier molecular flexibility index (Phi) is 4.69. The first kappa shape index (κ1) is 13.2. The molecule has 0 atom stereocenters. The second-order valence-corrected chi connectivity index (χ2v) is 4.04. The van der Waals surface area contributed by atoms with Gasteiger partial charge in [-0.05, 0) is 13.3 Å². The highest BCUT2D eigenvalue weighted by Crippen LogP contribution is 2.08. The third-order valence-corrected chi connectivity index (χ3v) is 2.35. The Labute approximate surface area is 101 Å². The van der Waals surface area contributed by atoms with E-state index in [0.29, 0.717) is 6.54 Å². The molecule has 0 aliphatic heterocycles. The highest BCUT2D eigenvalue weighted by atomic mass is 16.1. The zero-order chi connectivity index (χ0) is 12.8. The number of hydrogen-bond acceptors (Lipinski definition) is 2. The van der Waals surface area contributed by atoms with Crippen molar-refractivity contribution in [3.63, 3.8) is 0 Å². The maximum absolute atomic E-state index is 11.8. The summed E-state index contributed by atoms with van der Waals surface area (Å²) in [5, 5.41) is 0. The molecule has 1 aromatic heterocycles. The summed E-state index contributed by atoms with van der Waals surface area (Å²) in [6, 6.07) is 0. The lowest BCUT2D eigenvalue weighted by Crippen LogP contribution is -2.19. The summed E-state index contributed by atoms with van der Waals surface area (Å²) < 4.78 is 1.72. The SMILES string of the molecule is C=CN=Cc1[nH]c(=O)n(CC(=C)C)c1CCC. The van der Waals surface area contributed by atoms with Crippen LogP contribution in [-0.2, 0) is 13.0 Å². The molecule has 1 aromatic rings. The first-order valence-electron chi connectivity index (χ1n) is 5.70. The fourth-order valence-electron chi connectivity index (χ4n) is 1.70. The van der Waals surface area contributed by atoms with Crippen molar-refractivity contribution in [2.45, 2.75) is 33.2 Å². The molecule has 4 heteroatoms. The van der Waals surface area contributed by atoms with Crippen molar-refractivity contribution in [1.82, 2.24) is 9.55 Å². The predicted molar refractivity (Wildman–Crippen MR) is 71.7 cm³/mol. The average Bonchev–Trinajstić information content (AvgIpc) is 2.54. The second kappa shape index (κ2) is 6.03. The van der Waals surface area contributed by atoms with Crippen molar-refractivity contribution < 1.29 is 0 Å². The Morgan fingerprint density at radius 3 is 2.82 bits per heavy atom. The first-order chi connectivity index (χ1) is 8.10. The number of allylic oxidation sites excluding steroid dienone is 1. The molecule has 1 rings (SSSR count). The molecule has 17 heavy (non-hydrogen) atoms. The number of nitrogens with one attached hydrogen (secondary N) is 1. The number of H-pyrrole nitrogens is 1. The summed E-state index contributed by atoms with van der Waals surface area (Å²) in [5.74, 6) is 0. The van der Waals surface area contributed by atoms with Crippen LogP contribution in [-0.4, -0.2) is 15.8 Å². The van der Waals surface area contributed by atoms with Crippen molar-refractivity contribution in [3.8, 4) is 0 Å². The van der Waals surface area contributed by atoms with Gasteiger partial charge < -0.3 is 4.98 Å². The Balaban J connectivity index is 3.22. The van der Waals surface area contributed by atoms with Crippen molar-refractivity contribution in [1.29, 1.82) is 0 Å². The zero-order valence-corrected chi connectivity index (χ0v) is 10.5. The molecule has 4 nitrogen and oxygen atoms in total. The van der Waals surface area contributed by atoms with Gasteiger partial charge >= 0.3 is 5.69 Å². The molecular formula is C13H19N3O. The third kappa shape index (κ3) is 3.31. The van der Waals surface area contributed by atoms with Gasteiger partial charge in [-0.1, -0.05) is 32.1 Å². The third-order valence-electron chi connectivity index (χ3n) is 2.35. The molecular weight excluding hydrogens is 214 g/mol. The van der Waals surface area contributed by atoms with Crippen LogP contribution in [0.1, 0.15) is 31.7 Å². The van der Waals surface area contributed by atoms with Crippen molar-refractivity contribution >= 4 is 6.21 Å². The van der Waals surface area contributed by atoms with E-state index in [4.69, 9.17) is 0 Å². The highest BCUT2D eigenvalue weighted by molar-refractivity contribution is 5.79. The number of hydrogen-bond donors (Lipinski definition) is 1. The summed E-state index contributed by atoms with van der Waals surface area (Å²) >= 11 is 0. The van der Waals surface area contributed by atoms with Crippen LogP contribution >= 0.6 is 0 Å². The van der Waals surface area contributed by atoms with Crippen molar-refractivity contribution in [3.05, 3.63) is 46.8 Å². The molecule has 0 unspecified atom stereocenters. The largest absolute Gasteiger partial charge is 0.326 e. The van der Waals surface area contributed by atoms with Crippen molar-refractivity contribution in [2.75, 3.05) is 0 Å². The van der Waals surface area contributed by atoms with Gasteiger partial charge in [0.2, 0.25) is 0 Å². The first-order valence-corrected chi connectivity index (χ1v) is 5.70. The van der Waals surface area contributed by atoms with E-state index in [1.54, 1.807) is 10.8 Å². The van der Waals surface area contributed by atoms with Gasteiger partial charge in [-0.15, -0.1) is 0 Å². The van der Waals surface area contributed by atoms with E-state index in [2.05, 4.69) is 30.1 Å². The van der Waals surface area contributed by atoms with Gasteiger partial charge in [-0.3, -0.25) is 9.56 Å². The predicted octanol–water partition coefficient (Wildman–Crippen LogP) is 2.27. The average molecular weight is 233 g/mol. The van der Waals surface area contributed by atoms with Crippen LogP contribution in [0.15, 0.2) is 34.7 Å². The van der Waals surface area contributed by atoms with E-state index < -0.39 is 0 Å². The minimum absolute atomic E-state index is 0.109. The van der Waals surface area contributed by atoms with Gasteiger partial charge in [0.25, 0.3) is 0 Å². The molecule has 0 aliphatic rings. The van der Waals surface area contributed by atoms with Gasteiger partial charge in [-0.25, -0.2) is 4.79 Å². The van der Waals surface area contributed by atoms with Crippen LogP contribution in [0.4, 0.5) is 0 Å². The van der Waals surface area contributed by atoms with E-state index in [-0.39, 0.29) is 5.69 Å². The van der Waals surface area contributed by atoms with Crippen LogP contribution in [0.3, 0.4) is 0 Å². The van der Waals surface area contributed by atoms with Gasteiger partial charge in [-0.2, -0.15) is 0 Å². The number of nitrogens with zero attached hydrogens (tertiary/aromatic N) is 2. The molecule has 0 bridgehead atoms. The Bertz CT molecular complexity index is 491. The molecule has 0 amide bonds. The summed E-state index contributed by atoms with van der Waals surface area (Å²) in [7, 11) is 0. The molecule has 0 aliphatic carbocycles. The number of rotatable bonds is 6. The Hall–Kier alpha value is -1.84. The molecule has 0 radical (unpaired) electrons. The molecule has 0 saturated heterocycles. The summed E-state index contributed by atoms with van der Waals surface area (Å²) in [6.07, 6.45) is 4.89. The lowest BCUT2D eigenvalue weighted by Gasteiger charge is -2.06. The van der Waals surface area contributed by atoms with Crippen LogP contribution in [0, 0.1) is 0 Å². The van der Waals surface area contributed by atoms with Gasteiger partial charge in [0.05, 0.1) is 11.9 Å². The maximum atomic E-state index is 11.8. The minimum Gasteiger partial charge on any atom is -0.304 e. The van der Waals surface area contributed by atoms with Crippen LogP contribution in [0.5, 0.6) is 0 Å². The Morgan fingerprint density at radius 1 is 1.59 bits per heavy atom. The fraction of sp³-hybridized carbons (Fsp3) is 0.385. The number of imidazole rings is 1. The van der Waals surface area contributed by atoms with E-state index in [1.807, 2.05) is 6.92 Å².